The van der Waals surface area contributed by atoms with E-state index in [1.165, 1.54) is 5.69 Å². The number of hydrogen-bond acceptors (Lipinski definition) is 4. The van der Waals surface area contributed by atoms with E-state index in [9.17, 15) is 4.79 Å². The zero-order valence-electron chi connectivity index (χ0n) is 14.2. The van der Waals surface area contributed by atoms with Crippen molar-refractivity contribution in [1.82, 2.24) is 4.98 Å². The molecule has 3 aromatic rings. The third kappa shape index (κ3) is 3.37. The smallest absolute Gasteiger partial charge is 0.229 e. The molecule has 1 saturated heterocycles. The lowest BCUT2D eigenvalue weighted by molar-refractivity contribution is -0.120. The van der Waals surface area contributed by atoms with Gasteiger partial charge < -0.3 is 10.2 Å². The van der Waals surface area contributed by atoms with Crippen LogP contribution in [-0.2, 0) is 4.79 Å². The van der Waals surface area contributed by atoms with Gasteiger partial charge in [0.1, 0.15) is 0 Å². The normalized spacial score (nSPS) is 15.5. The lowest BCUT2D eigenvalue weighted by atomic mass is 9.95. The number of carbonyl (C=O) groups is 1. The fourth-order valence-electron chi connectivity index (χ4n) is 3.39. The molecule has 0 saturated carbocycles. The van der Waals surface area contributed by atoms with Gasteiger partial charge in [0.2, 0.25) is 5.91 Å². The largest absolute Gasteiger partial charge is 0.371 e. The highest BCUT2D eigenvalue weighted by Gasteiger charge is 2.25. The highest BCUT2D eigenvalue weighted by atomic mass is 32.1. The minimum absolute atomic E-state index is 0.0630. The molecule has 5 heteroatoms. The summed E-state index contributed by atoms with van der Waals surface area (Å²) >= 11 is 1.55. The second-order valence-electron chi connectivity index (χ2n) is 6.53. The summed E-state index contributed by atoms with van der Waals surface area (Å²) in [5.41, 5.74) is 3.37. The van der Waals surface area contributed by atoms with E-state index in [0.717, 1.165) is 41.7 Å². The van der Waals surface area contributed by atoms with Crippen LogP contribution in [0.2, 0.25) is 0 Å². The molecular weight excluding hydrogens is 330 g/mol. The van der Waals surface area contributed by atoms with Crippen LogP contribution in [0.4, 0.5) is 10.8 Å². The minimum atomic E-state index is 0.0630. The second-order valence-corrected chi connectivity index (χ2v) is 7.56. The summed E-state index contributed by atoms with van der Waals surface area (Å²) in [6, 6.07) is 16.5. The fraction of sp³-hybridized carbons (Fsp3) is 0.300. The summed E-state index contributed by atoms with van der Waals surface area (Å²) in [4.78, 5) is 19.5. The Morgan fingerprint density at radius 1 is 1.12 bits per heavy atom. The topological polar surface area (TPSA) is 45.2 Å². The number of para-hydroxylation sites is 2. The number of thiazole rings is 1. The Hall–Kier alpha value is -2.40. The number of anilines is 2. The van der Waals surface area contributed by atoms with Crippen LogP contribution in [0.15, 0.2) is 48.5 Å². The molecule has 0 unspecified atom stereocenters. The monoisotopic (exact) mass is 351 g/mol. The number of piperidine rings is 1. The van der Waals surface area contributed by atoms with Crippen LogP contribution >= 0.6 is 11.3 Å². The molecule has 2 aromatic carbocycles. The van der Waals surface area contributed by atoms with E-state index < -0.39 is 0 Å². The van der Waals surface area contributed by atoms with E-state index in [1.54, 1.807) is 11.3 Å². The van der Waals surface area contributed by atoms with Crippen LogP contribution in [0.25, 0.3) is 10.2 Å². The number of nitrogens with one attached hydrogen (secondary N) is 1. The van der Waals surface area contributed by atoms with Gasteiger partial charge in [-0.3, -0.25) is 4.79 Å². The van der Waals surface area contributed by atoms with Gasteiger partial charge in [-0.25, -0.2) is 4.98 Å². The number of carbonyl (C=O) groups excluding carboxylic acids is 1. The molecule has 25 heavy (non-hydrogen) atoms. The van der Waals surface area contributed by atoms with E-state index in [1.807, 2.05) is 31.2 Å². The number of rotatable bonds is 3. The number of benzene rings is 2. The molecule has 1 fully saturated rings. The zero-order chi connectivity index (χ0) is 17.2. The molecule has 4 nitrogen and oxygen atoms in total. The van der Waals surface area contributed by atoms with Crippen molar-refractivity contribution in [2.75, 3.05) is 23.3 Å². The third-order valence-corrected chi connectivity index (χ3v) is 5.77. The van der Waals surface area contributed by atoms with Gasteiger partial charge in [0.05, 0.1) is 10.2 Å². The molecule has 1 aliphatic heterocycles. The van der Waals surface area contributed by atoms with Crippen LogP contribution < -0.4 is 10.2 Å². The van der Waals surface area contributed by atoms with Gasteiger partial charge in [0, 0.05) is 24.7 Å². The van der Waals surface area contributed by atoms with E-state index in [4.69, 9.17) is 0 Å². The average molecular weight is 351 g/mol. The molecule has 1 aliphatic rings. The summed E-state index contributed by atoms with van der Waals surface area (Å²) in [7, 11) is 0. The van der Waals surface area contributed by atoms with E-state index in [-0.39, 0.29) is 11.8 Å². The van der Waals surface area contributed by atoms with Crippen LogP contribution in [0.5, 0.6) is 0 Å². The Kier molecular flexibility index (Phi) is 4.40. The van der Waals surface area contributed by atoms with Crippen LogP contribution in [0.3, 0.4) is 0 Å². The average Bonchev–Trinajstić information content (AvgIpc) is 3.06. The molecule has 0 spiro atoms. The Labute approximate surface area is 151 Å². The first kappa shape index (κ1) is 16.1. The van der Waals surface area contributed by atoms with Crippen molar-refractivity contribution in [1.29, 1.82) is 0 Å². The van der Waals surface area contributed by atoms with Crippen molar-refractivity contribution in [2.45, 2.75) is 19.8 Å². The number of fused-ring (bicyclic) bond motifs is 1. The lowest BCUT2D eigenvalue weighted by Gasteiger charge is -2.32. The Morgan fingerprint density at radius 2 is 1.88 bits per heavy atom. The van der Waals surface area contributed by atoms with Crippen LogP contribution in [0.1, 0.15) is 18.4 Å². The van der Waals surface area contributed by atoms with Crippen LogP contribution in [0, 0.1) is 12.8 Å². The first-order valence-electron chi connectivity index (χ1n) is 8.68. The van der Waals surface area contributed by atoms with Crippen molar-refractivity contribution in [3.8, 4) is 0 Å². The predicted molar refractivity (Wildman–Crippen MR) is 104 cm³/mol. The van der Waals surface area contributed by atoms with E-state index in [2.05, 4.69) is 39.5 Å². The highest BCUT2D eigenvalue weighted by molar-refractivity contribution is 7.22. The van der Waals surface area contributed by atoms with Crippen molar-refractivity contribution in [3.05, 3.63) is 54.1 Å². The molecule has 1 amide bonds. The molecular formula is C20H21N3OS. The molecule has 0 aliphatic carbocycles. The van der Waals surface area contributed by atoms with Crippen molar-refractivity contribution in [2.24, 2.45) is 5.92 Å². The second kappa shape index (κ2) is 6.84. The zero-order valence-corrected chi connectivity index (χ0v) is 15.1. The van der Waals surface area contributed by atoms with E-state index >= 15 is 0 Å². The summed E-state index contributed by atoms with van der Waals surface area (Å²) in [5.74, 6) is 0.164. The molecule has 1 aromatic heterocycles. The molecule has 0 atom stereocenters. The first-order valence-corrected chi connectivity index (χ1v) is 9.49. The Bertz CT molecular complexity index is 882. The number of aromatic nitrogens is 1. The summed E-state index contributed by atoms with van der Waals surface area (Å²) < 4.78 is 1.12. The van der Waals surface area contributed by atoms with Crippen LogP contribution in [-0.4, -0.2) is 24.0 Å². The fourth-order valence-corrected chi connectivity index (χ4v) is 4.33. The van der Waals surface area contributed by atoms with Crippen molar-refractivity contribution in [3.63, 3.8) is 0 Å². The van der Waals surface area contributed by atoms with Gasteiger partial charge in [-0.15, -0.1) is 0 Å². The first-order chi connectivity index (χ1) is 12.2. The predicted octanol–water partition coefficient (Wildman–Crippen LogP) is 4.46. The van der Waals surface area contributed by atoms with Gasteiger partial charge in [-0.1, -0.05) is 41.7 Å². The number of aryl methyl sites for hydroxylation is 1. The van der Waals surface area contributed by atoms with Crippen molar-refractivity contribution >= 4 is 38.3 Å². The molecule has 0 radical (unpaired) electrons. The number of hydrogen-bond donors (Lipinski definition) is 1. The summed E-state index contributed by atoms with van der Waals surface area (Å²) in [6.45, 7) is 3.88. The quantitative estimate of drug-likeness (QED) is 0.758. The Morgan fingerprint density at radius 3 is 2.60 bits per heavy atom. The Balaban J connectivity index is 1.39. The lowest BCUT2D eigenvalue weighted by Crippen LogP contribution is -2.38. The number of amides is 1. The maximum atomic E-state index is 12.6. The van der Waals surface area contributed by atoms with Gasteiger partial charge in [-0.05, 0) is 43.5 Å². The van der Waals surface area contributed by atoms with Gasteiger partial charge in [0.15, 0.2) is 5.13 Å². The summed E-state index contributed by atoms with van der Waals surface area (Å²) in [5, 5.41) is 3.74. The maximum absolute atomic E-state index is 12.6. The van der Waals surface area contributed by atoms with Gasteiger partial charge in [-0.2, -0.15) is 0 Å². The molecule has 1 N–H and O–H groups in total. The molecule has 2 heterocycles. The summed E-state index contributed by atoms with van der Waals surface area (Å²) in [6.07, 6.45) is 1.76. The standard InChI is InChI=1S/C20H21N3OS/c1-14-6-5-9-17-18(14)21-20(25-17)22-19(24)15-10-12-23(13-11-15)16-7-3-2-4-8-16/h2-9,15H,10-13H2,1H3,(H,21,22,24). The SMILES string of the molecule is Cc1cccc2sc(NC(=O)C3CCN(c4ccccc4)CC3)nc12. The minimum Gasteiger partial charge on any atom is -0.371 e. The van der Waals surface area contributed by atoms with E-state index in [0.29, 0.717) is 5.13 Å². The molecule has 128 valence electrons. The van der Waals surface area contributed by atoms with Gasteiger partial charge in [0.25, 0.3) is 0 Å². The third-order valence-electron chi connectivity index (χ3n) is 4.84. The van der Waals surface area contributed by atoms with Gasteiger partial charge >= 0.3 is 0 Å². The maximum Gasteiger partial charge on any atom is 0.229 e. The molecule has 4 rings (SSSR count). The van der Waals surface area contributed by atoms with Crippen molar-refractivity contribution < 1.29 is 4.79 Å². The highest BCUT2D eigenvalue weighted by Crippen LogP contribution is 2.29. The molecule has 0 bridgehead atoms. The number of nitrogens with zero attached hydrogens (tertiary/aromatic N) is 2.